The third-order valence-corrected chi connectivity index (χ3v) is 13.3. The Kier molecular flexibility index (Phi) is 6.11. The maximum absolute atomic E-state index is 13.7. The van der Waals surface area contributed by atoms with Crippen LogP contribution in [-0.2, 0) is 13.6 Å². The molecule has 1 saturated carbocycles. The molecule has 1 aliphatic rings. The minimum absolute atomic E-state index is 0.0604. The van der Waals surface area contributed by atoms with Crippen LogP contribution in [0.4, 0.5) is 0 Å². The van der Waals surface area contributed by atoms with Crippen molar-refractivity contribution in [1.29, 1.82) is 0 Å². The zero-order chi connectivity index (χ0) is 15.6. The van der Waals surface area contributed by atoms with Gasteiger partial charge in [0, 0.05) is 0 Å². The summed E-state index contributed by atoms with van der Waals surface area (Å²) in [5, 5.41) is 0. The van der Waals surface area contributed by atoms with Crippen molar-refractivity contribution in [3.05, 3.63) is 0 Å². The SMILES string of the molecule is CC(C)OP(=O)(OC(C)C)C1([Si](C)(C)C)CCCCC1. The maximum atomic E-state index is 13.7. The Morgan fingerprint density at radius 2 is 1.30 bits per heavy atom. The first-order chi connectivity index (χ1) is 9.04. The Morgan fingerprint density at radius 3 is 1.60 bits per heavy atom. The highest BCUT2D eigenvalue weighted by Gasteiger charge is 2.59. The lowest BCUT2D eigenvalue weighted by atomic mass is 9.99. The maximum Gasteiger partial charge on any atom is 0.334 e. The molecule has 120 valence electrons. The van der Waals surface area contributed by atoms with E-state index in [-0.39, 0.29) is 17.0 Å². The van der Waals surface area contributed by atoms with Gasteiger partial charge in [-0.05, 0) is 40.5 Å². The average molecular weight is 320 g/mol. The van der Waals surface area contributed by atoms with Gasteiger partial charge in [0.25, 0.3) is 0 Å². The molecule has 0 saturated heterocycles. The molecule has 0 spiro atoms. The summed E-state index contributed by atoms with van der Waals surface area (Å²) in [7, 11) is -4.79. The van der Waals surface area contributed by atoms with Gasteiger partial charge < -0.3 is 9.05 Å². The van der Waals surface area contributed by atoms with E-state index in [1.165, 1.54) is 6.42 Å². The summed E-state index contributed by atoms with van der Waals surface area (Å²) in [5.41, 5.74) is 0. The molecule has 1 rings (SSSR count). The van der Waals surface area contributed by atoms with Gasteiger partial charge in [0.1, 0.15) is 0 Å². The van der Waals surface area contributed by atoms with Gasteiger partial charge in [0.2, 0.25) is 0 Å². The van der Waals surface area contributed by atoms with Crippen LogP contribution in [0.5, 0.6) is 0 Å². The third kappa shape index (κ3) is 3.76. The first-order valence-electron chi connectivity index (χ1n) is 8.01. The number of hydrogen-bond donors (Lipinski definition) is 0. The van der Waals surface area contributed by atoms with Crippen molar-refractivity contribution >= 4 is 15.7 Å². The van der Waals surface area contributed by atoms with Crippen LogP contribution >= 0.6 is 7.60 Å². The first kappa shape index (κ1) is 18.4. The molecule has 0 aromatic heterocycles. The van der Waals surface area contributed by atoms with Crippen LogP contribution in [0.25, 0.3) is 0 Å². The molecule has 0 aromatic rings. The minimum Gasteiger partial charge on any atom is -0.306 e. The predicted molar refractivity (Wildman–Crippen MR) is 89.2 cm³/mol. The fourth-order valence-electron chi connectivity index (χ4n) is 3.35. The molecule has 20 heavy (non-hydrogen) atoms. The first-order valence-corrected chi connectivity index (χ1v) is 13.1. The molecular formula is C15H33O3PSi. The summed E-state index contributed by atoms with van der Waals surface area (Å²) >= 11 is 0. The summed E-state index contributed by atoms with van der Waals surface area (Å²) in [6.07, 6.45) is 5.42. The molecule has 3 nitrogen and oxygen atoms in total. The van der Waals surface area contributed by atoms with Gasteiger partial charge in [-0.25, -0.2) is 0 Å². The van der Waals surface area contributed by atoms with E-state index in [0.29, 0.717) is 0 Å². The van der Waals surface area contributed by atoms with Gasteiger partial charge in [-0.3, -0.25) is 4.57 Å². The Hall–Kier alpha value is 0.367. The fourth-order valence-corrected chi connectivity index (χ4v) is 11.2. The van der Waals surface area contributed by atoms with Gasteiger partial charge >= 0.3 is 7.60 Å². The van der Waals surface area contributed by atoms with E-state index in [2.05, 4.69) is 19.6 Å². The van der Waals surface area contributed by atoms with Crippen molar-refractivity contribution < 1.29 is 13.6 Å². The van der Waals surface area contributed by atoms with Crippen molar-refractivity contribution in [3.63, 3.8) is 0 Å². The standard InChI is InChI=1S/C15H33O3PSi/c1-13(2)17-19(16,18-14(3)4)15(20(5,6)7)11-9-8-10-12-15/h13-14H,8-12H2,1-7H3. The van der Waals surface area contributed by atoms with Gasteiger partial charge in [0.05, 0.1) is 25.1 Å². The molecular weight excluding hydrogens is 287 g/mol. The molecule has 1 aliphatic carbocycles. The molecule has 0 unspecified atom stereocenters. The summed E-state index contributed by atoms with van der Waals surface area (Å²) in [5.74, 6) is 0. The van der Waals surface area contributed by atoms with Crippen molar-refractivity contribution in [2.75, 3.05) is 0 Å². The molecule has 0 aromatic carbocycles. The van der Waals surface area contributed by atoms with Crippen LogP contribution in [0.1, 0.15) is 59.8 Å². The van der Waals surface area contributed by atoms with Gasteiger partial charge in [-0.1, -0.05) is 38.9 Å². The monoisotopic (exact) mass is 320 g/mol. The van der Waals surface area contributed by atoms with Gasteiger partial charge in [0.15, 0.2) is 0 Å². The van der Waals surface area contributed by atoms with E-state index in [1.54, 1.807) is 0 Å². The summed E-state index contributed by atoms with van der Waals surface area (Å²) in [6.45, 7) is 14.8. The average Bonchev–Trinajstić information content (AvgIpc) is 2.26. The highest BCUT2D eigenvalue weighted by Crippen LogP contribution is 2.69. The second-order valence-corrected chi connectivity index (χ2v) is 15.8. The topological polar surface area (TPSA) is 35.5 Å². The van der Waals surface area contributed by atoms with Crippen molar-refractivity contribution in [3.8, 4) is 0 Å². The summed E-state index contributed by atoms with van der Waals surface area (Å²) in [4.78, 5) is 0. The second kappa shape index (κ2) is 6.64. The van der Waals surface area contributed by atoms with E-state index in [0.717, 1.165) is 25.7 Å². The highest BCUT2D eigenvalue weighted by molar-refractivity contribution is 7.59. The molecule has 0 amide bonds. The molecule has 0 bridgehead atoms. The van der Waals surface area contributed by atoms with Crippen LogP contribution in [0.15, 0.2) is 0 Å². The van der Waals surface area contributed by atoms with E-state index in [4.69, 9.17) is 9.05 Å². The van der Waals surface area contributed by atoms with Crippen molar-refractivity contribution in [2.24, 2.45) is 0 Å². The van der Waals surface area contributed by atoms with E-state index >= 15 is 0 Å². The third-order valence-electron chi connectivity index (χ3n) is 4.30. The van der Waals surface area contributed by atoms with Gasteiger partial charge in [-0.2, -0.15) is 0 Å². The lowest BCUT2D eigenvalue weighted by Gasteiger charge is -2.50. The van der Waals surface area contributed by atoms with Gasteiger partial charge in [-0.15, -0.1) is 0 Å². The molecule has 0 N–H and O–H groups in total. The van der Waals surface area contributed by atoms with Crippen molar-refractivity contribution in [2.45, 2.75) is 96.4 Å². The van der Waals surface area contributed by atoms with E-state index in [1.807, 2.05) is 27.7 Å². The lowest BCUT2D eigenvalue weighted by molar-refractivity contribution is 0.127. The molecule has 0 aliphatic heterocycles. The molecule has 0 radical (unpaired) electrons. The highest BCUT2D eigenvalue weighted by atomic mass is 31.2. The van der Waals surface area contributed by atoms with Crippen LogP contribution in [0.2, 0.25) is 19.6 Å². The Morgan fingerprint density at radius 1 is 0.900 bits per heavy atom. The van der Waals surface area contributed by atoms with Crippen LogP contribution in [-0.4, -0.2) is 25.1 Å². The van der Waals surface area contributed by atoms with Crippen molar-refractivity contribution in [1.82, 2.24) is 0 Å². The van der Waals surface area contributed by atoms with Crippen LogP contribution in [0, 0.1) is 0 Å². The summed E-state index contributed by atoms with van der Waals surface area (Å²) in [6, 6.07) is 0. The lowest BCUT2D eigenvalue weighted by Crippen LogP contribution is -2.54. The predicted octanol–water partition coefficient (Wildman–Crippen LogP) is 5.61. The Balaban J connectivity index is 3.27. The van der Waals surface area contributed by atoms with E-state index < -0.39 is 15.7 Å². The van der Waals surface area contributed by atoms with Crippen LogP contribution < -0.4 is 0 Å². The van der Waals surface area contributed by atoms with Crippen LogP contribution in [0.3, 0.4) is 0 Å². The summed E-state index contributed by atoms with van der Waals surface area (Å²) < 4.78 is 25.5. The smallest absolute Gasteiger partial charge is 0.306 e. The molecule has 5 heteroatoms. The molecule has 0 atom stereocenters. The minimum atomic E-state index is -3.10. The number of rotatable bonds is 6. The normalized spacial score (nSPS) is 20.6. The van der Waals surface area contributed by atoms with E-state index in [9.17, 15) is 4.57 Å². The zero-order valence-electron chi connectivity index (χ0n) is 14.4. The quantitative estimate of drug-likeness (QED) is 0.471. The fraction of sp³-hybridized carbons (Fsp3) is 1.00. The Bertz CT molecular complexity index is 341. The number of hydrogen-bond acceptors (Lipinski definition) is 3. The largest absolute Gasteiger partial charge is 0.334 e. The Labute approximate surface area is 126 Å². The second-order valence-electron chi connectivity index (χ2n) is 7.65. The molecule has 1 fully saturated rings. The molecule has 0 heterocycles. The zero-order valence-corrected chi connectivity index (χ0v) is 16.3.